The molecule has 0 atom stereocenters. The van der Waals surface area contributed by atoms with Crippen molar-refractivity contribution in [1.82, 2.24) is 4.31 Å². The number of halogens is 1. The molecule has 0 N–H and O–H groups in total. The van der Waals surface area contributed by atoms with Gasteiger partial charge in [0.05, 0.1) is 4.90 Å². The zero-order valence-electron chi connectivity index (χ0n) is 14.0. The Kier molecular flexibility index (Phi) is 4.95. The number of aliphatic imine (C=N–C) groups is 1. The Labute approximate surface area is 156 Å². The van der Waals surface area contributed by atoms with Crippen molar-refractivity contribution in [3.05, 3.63) is 70.4 Å². The Morgan fingerprint density at radius 1 is 1.12 bits per heavy atom. The second kappa shape index (κ2) is 7.03. The van der Waals surface area contributed by atoms with Crippen LogP contribution in [0, 0.1) is 0 Å². The van der Waals surface area contributed by atoms with Gasteiger partial charge in [0.2, 0.25) is 15.9 Å². The predicted molar refractivity (Wildman–Crippen MR) is 99.4 cm³/mol. The van der Waals surface area contributed by atoms with Gasteiger partial charge in [-0.2, -0.15) is 0 Å². The van der Waals surface area contributed by atoms with Crippen molar-refractivity contribution in [3.8, 4) is 0 Å². The van der Waals surface area contributed by atoms with Crippen LogP contribution < -0.4 is 0 Å². The van der Waals surface area contributed by atoms with Crippen LogP contribution in [0.4, 0.5) is 0 Å². The van der Waals surface area contributed by atoms with Gasteiger partial charge in [0, 0.05) is 24.7 Å². The molecule has 1 aliphatic heterocycles. The molecular formula is C18H15ClN2O4S. The van der Waals surface area contributed by atoms with Gasteiger partial charge in [0.15, 0.2) is 5.70 Å². The minimum absolute atomic E-state index is 0.0547. The highest BCUT2D eigenvalue weighted by Gasteiger charge is 2.26. The average Bonchev–Trinajstić information content (AvgIpc) is 2.96. The van der Waals surface area contributed by atoms with E-state index in [2.05, 4.69) is 4.99 Å². The number of cyclic esters (lactones) is 1. The third kappa shape index (κ3) is 3.70. The van der Waals surface area contributed by atoms with Gasteiger partial charge < -0.3 is 4.74 Å². The molecule has 0 bridgehead atoms. The molecular weight excluding hydrogens is 376 g/mol. The monoisotopic (exact) mass is 390 g/mol. The number of ether oxygens (including phenoxy) is 1. The van der Waals surface area contributed by atoms with Crippen LogP contribution >= 0.6 is 11.6 Å². The van der Waals surface area contributed by atoms with E-state index in [1.165, 1.54) is 26.2 Å². The van der Waals surface area contributed by atoms with E-state index in [9.17, 15) is 13.2 Å². The third-order valence-electron chi connectivity index (χ3n) is 3.63. The van der Waals surface area contributed by atoms with Crippen molar-refractivity contribution in [2.24, 2.45) is 4.99 Å². The first-order valence-corrected chi connectivity index (χ1v) is 9.40. The Morgan fingerprint density at radius 2 is 1.85 bits per heavy atom. The molecule has 0 fully saturated rings. The van der Waals surface area contributed by atoms with Gasteiger partial charge in [-0.25, -0.2) is 22.5 Å². The maximum atomic E-state index is 12.3. The molecule has 6 nitrogen and oxygen atoms in total. The van der Waals surface area contributed by atoms with Gasteiger partial charge in [-0.15, -0.1) is 0 Å². The van der Waals surface area contributed by atoms with Crippen molar-refractivity contribution in [1.29, 1.82) is 0 Å². The van der Waals surface area contributed by atoms with E-state index in [1.807, 2.05) is 0 Å². The van der Waals surface area contributed by atoms with Gasteiger partial charge in [0.25, 0.3) is 0 Å². The van der Waals surface area contributed by atoms with E-state index >= 15 is 0 Å². The molecule has 0 saturated heterocycles. The number of hydrogen-bond donors (Lipinski definition) is 0. The molecule has 8 heteroatoms. The van der Waals surface area contributed by atoms with E-state index < -0.39 is 16.0 Å². The third-order valence-corrected chi connectivity index (χ3v) is 5.68. The number of nitrogens with zero attached hydrogens (tertiary/aromatic N) is 2. The van der Waals surface area contributed by atoms with E-state index in [4.69, 9.17) is 16.3 Å². The van der Waals surface area contributed by atoms with Gasteiger partial charge in [-0.1, -0.05) is 29.8 Å². The fourth-order valence-electron chi connectivity index (χ4n) is 2.29. The van der Waals surface area contributed by atoms with Crippen LogP contribution in [0.2, 0.25) is 5.02 Å². The lowest BCUT2D eigenvalue weighted by Gasteiger charge is -2.11. The number of sulfonamides is 1. The standard InChI is InChI=1S/C18H15ClN2O4S/c1-21(2)26(23,24)15-8-4-6-13(11-15)17-20-16(18(22)25-17)10-12-5-3-7-14(19)9-12/h3-11H,1-2H3. The topological polar surface area (TPSA) is 76.0 Å². The minimum Gasteiger partial charge on any atom is -0.402 e. The second-order valence-electron chi connectivity index (χ2n) is 5.71. The first-order chi connectivity index (χ1) is 12.3. The lowest BCUT2D eigenvalue weighted by atomic mass is 10.2. The molecule has 2 aromatic carbocycles. The zero-order chi connectivity index (χ0) is 18.9. The van der Waals surface area contributed by atoms with E-state index in [-0.39, 0.29) is 16.5 Å². The van der Waals surface area contributed by atoms with Crippen molar-refractivity contribution >= 4 is 39.6 Å². The van der Waals surface area contributed by atoms with Crippen LogP contribution in [0.15, 0.2) is 64.1 Å². The first-order valence-electron chi connectivity index (χ1n) is 7.58. The Hall–Kier alpha value is -2.48. The molecule has 0 saturated carbocycles. The van der Waals surface area contributed by atoms with Crippen LogP contribution in [0.5, 0.6) is 0 Å². The van der Waals surface area contributed by atoms with Gasteiger partial charge >= 0.3 is 5.97 Å². The fraction of sp³-hybridized carbons (Fsp3) is 0.111. The number of rotatable bonds is 4. The fourth-order valence-corrected chi connectivity index (χ4v) is 3.43. The predicted octanol–water partition coefficient (Wildman–Crippen LogP) is 2.93. The number of carbonyl (C=O) groups is 1. The Bertz CT molecular complexity index is 1040. The number of hydrogen-bond acceptors (Lipinski definition) is 5. The summed E-state index contributed by atoms with van der Waals surface area (Å²) in [5.74, 6) is -0.556. The maximum Gasteiger partial charge on any atom is 0.363 e. The van der Waals surface area contributed by atoms with Crippen LogP contribution in [0.3, 0.4) is 0 Å². The summed E-state index contributed by atoms with van der Waals surface area (Å²) in [6.45, 7) is 0. The van der Waals surface area contributed by atoms with Crippen LogP contribution in [0.25, 0.3) is 6.08 Å². The summed E-state index contributed by atoms with van der Waals surface area (Å²) >= 11 is 5.93. The molecule has 1 heterocycles. The van der Waals surface area contributed by atoms with Gasteiger partial charge in [-0.3, -0.25) is 0 Å². The average molecular weight is 391 g/mol. The number of benzene rings is 2. The van der Waals surface area contributed by atoms with Crippen molar-refractivity contribution < 1.29 is 17.9 Å². The van der Waals surface area contributed by atoms with Gasteiger partial charge in [0.1, 0.15) is 0 Å². The van der Waals surface area contributed by atoms with Gasteiger partial charge in [-0.05, 0) is 42.0 Å². The second-order valence-corrected chi connectivity index (χ2v) is 8.29. The molecule has 0 radical (unpaired) electrons. The highest BCUT2D eigenvalue weighted by Crippen LogP contribution is 2.22. The van der Waals surface area contributed by atoms with E-state index in [1.54, 1.807) is 42.5 Å². The quantitative estimate of drug-likeness (QED) is 0.594. The van der Waals surface area contributed by atoms with Crippen LogP contribution in [-0.2, 0) is 19.6 Å². The van der Waals surface area contributed by atoms with Crippen molar-refractivity contribution in [3.63, 3.8) is 0 Å². The molecule has 0 aromatic heterocycles. The molecule has 0 spiro atoms. The smallest absolute Gasteiger partial charge is 0.363 e. The molecule has 134 valence electrons. The summed E-state index contributed by atoms with van der Waals surface area (Å²) in [4.78, 5) is 16.3. The summed E-state index contributed by atoms with van der Waals surface area (Å²) in [5.41, 5.74) is 1.22. The van der Waals surface area contributed by atoms with Crippen LogP contribution in [-0.4, -0.2) is 38.7 Å². The van der Waals surface area contributed by atoms with E-state index in [0.29, 0.717) is 16.1 Å². The van der Waals surface area contributed by atoms with E-state index in [0.717, 1.165) is 4.31 Å². The highest BCUT2D eigenvalue weighted by molar-refractivity contribution is 7.89. The minimum atomic E-state index is -3.60. The number of carbonyl (C=O) groups excluding carboxylic acids is 1. The summed E-state index contributed by atoms with van der Waals surface area (Å²) in [6, 6.07) is 13.0. The van der Waals surface area contributed by atoms with Crippen LogP contribution in [0.1, 0.15) is 11.1 Å². The summed E-state index contributed by atoms with van der Waals surface area (Å²) < 4.78 is 30.8. The Balaban J connectivity index is 1.97. The summed E-state index contributed by atoms with van der Waals surface area (Å²) in [7, 11) is -0.710. The lowest BCUT2D eigenvalue weighted by Crippen LogP contribution is -2.22. The van der Waals surface area contributed by atoms with Crippen molar-refractivity contribution in [2.75, 3.05) is 14.1 Å². The summed E-state index contributed by atoms with van der Waals surface area (Å²) in [5, 5.41) is 0.538. The number of esters is 1. The SMILES string of the molecule is CN(C)S(=O)(=O)c1cccc(C2=NC(=Cc3cccc(Cl)c3)C(=O)O2)c1. The zero-order valence-corrected chi connectivity index (χ0v) is 15.6. The molecule has 2 aromatic rings. The normalized spacial score (nSPS) is 16.1. The summed E-state index contributed by atoms with van der Waals surface area (Å²) in [6.07, 6.45) is 1.56. The Morgan fingerprint density at radius 3 is 2.54 bits per heavy atom. The molecule has 1 aliphatic rings. The molecule has 3 rings (SSSR count). The lowest BCUT2D eigenvalue weighted by molar-refractivity contribution is -0.129. The molecule has 0 amide bonds. The maximum absolute atomic E-state index is 12.3. The molecule has 0 unspecified atom stereocenters. The highest BCUT2D eigenvalue weighted by atomic mass is 35.5. The molecule has 0 aliphatic carbocycles. The molecule has 26 heavy (non-hydrogen) atoms. The first kappa shape index (κ1) is 18.3. The largest absolute Gasteiger partial charge is 0.402 e. The van der Waals surface area contributed by atoms with Crippen molar-refractivity contribution in [2.45, 2.75) is 4.90 Å².